The molecule has 0 amide bonds. The van der Waals surface area contributed by atoms with Gasteiger partial charge in [-0.15, -0.1) is 0 Å². The molecule has 6 heteroatoms. The summed E-state index contributed by atoms with van der Waals surface area (Å²) in [4.78, 5) is 12.3. The van der Waals surface area contributed by atoms with Crippen LogP contribution >= 0.6 is 0 Å². The van der Waals surface area contributed by atoms with Gasteiger partial charge in [-0.1, -0.05) is 18.2 Å². The standard InChI is InChI=1S/C23H24F2O4/c1-14-2-11-20(22(25)21(14)24)29-23(26)17-5-3-15(4-6-17)16-7-9-18(10-8-16)27-12-19-13-28-19/h2-6,11,16,18-19H,7-10,12-13H2,1H3. The molecule has 1 aliphatic heterocycles. The number of benzene rings is 2. The van der Waals surface area contributed by atoms with E-state index in [4.69, 9.17) is 14.2 Å². The van der Waals surface area contributed by atoms with E-state index in [0.717, 1.165) is 37.9 Å². The Balaban J connectivity index is 1.33. The van der Waals surface area contributed by atoms with Gasteiger partial charge in [-0.2, -0.15) is 4.39 Å². The van der Waals surface area contributed by atoms with Gasteiger partial charge < -0.3 is 14.2 Å². The number of hydrogen-bond donors (Lipinski definition) is 0. The third-order valence-corrected chi connectivity index (χ3v) is 5.65. The van der Waals surface area contributed by atoms with E-state index < -0.39 is 23.4 Å². The average molecular weight is 402 g/mol. The van der Waals surface area contributed by atoms with Crippen LogP contribution in [0.25, 0.3) is 0 Å². The fraction of sp³-hybridized carbons (Fsp3) is 0.435. The second kappa shape index (κ2) is 8.59. The van der Waals surface area contributed by atoms with E-state index in [1.165, 1.54) is 19.1 Å². The number of esters is 1. The van der Waals surface area contributed by atoms with Gasteiger partial charge in [-0.05, 0) is 67.9 Å². The molecule has 0 spiro atoms. The largest absolute Gasteiger partial charge is 0.420 e. The Morgan fingerprint density at radius 3 is 2.38 bits per heavy atom. The zero-order valence-electron chi connectivity index (χ0n) is 16.3. The van der Waals surface area contributed by atoms with Gasteiger partial charge in [0.05, 0.1) is 24.9 Å². The van der Waals surface area contributed by atoms with Crippen molar-refractivity contribution in [2.45, 2.75) is 50.7 Å². The van der Waals surface area contributed by atoms with Crippen LogP contribution in [0.2, 0.25) is 0 Å². The lowest BCUT2D eigenvalue weighted by Gasteiger charge is -2.28. The third-order valence-electron chi connectivity index (χ3n) is 5.65. The molecule has 2 aliphatic rings. The van der Waals surface area contributed by atoms with Crippen molar-refractivity contribution in [2.24, 2.45) is 0 Å². The van der Waals surface area contributed by atoms with E-state index in [1.54, 1.807) is 12.1 Å². The maximum atomic E-state index is 13.9. The number of epoxide rings is 1. The van der Waals surface area contributed by atoms with Crippen molar-refractivity contribution < 1.29 is 27.8 Å². The predicted molar refractivity (Wildman–Crippen MR) is 103 cm³/mol. The van der Waals surface area contributed by atoms with Crippen molar-refractivity contribution in [3.05, 3.63) is 64.7 Å². The van der Waals surface area contributed by atoms with Crippen LogP contribution in [0.4, 0.5) is 8.78 Å². The van der Waals surface area contributed by atoms with Crippen LogP contribution < -0.4 is 4.74 Å². The Bertz CT molecular complexity index is 869. The van der Waals surface area contributed by atoms with Crippen LogP contribution in [-0.4, -0.2) is 31.4 Å². The number of hydrogen-bond acceptors (Lipinski definition) is 4. The summed E-state index contributed by atoms with van der Waals surface area (Å²) in [6.45, 7) is 2.96. The molecular weight excluding hydrogens is 378 g/mol. The first-order valence-corrected chi connectivity index (χ1v) is 10.0. The third kappa shape index (κ3) is 4.82. The van der Waals surface area contributed by atoms with Gasteiger partial charge in [0, 0.05) is 0 Å². The first kappa shape index (κ1) is 20.0. The fourth-order valence-electron chi connectivity index (χ4n) is 3.73. The molecule has 1 atom stereocenters. The van der Waals surface area contributed by atoms with Crippen LogP contribution in [-0.2, 0) is 9.47 Å². The van der Waals surface area contributed by atoms with Crippen molar-refractivity contribution in [1.82, 2.24) is 0 Å². The SMILES string of the molecule is Cc1ccc(OC(=O)c2ccc(C3CCC(OCC4CO4)CC3)cc2)c(F)c1F. The molecule has 1 aliphatic carbocycles. The molecule has 0 N–H and O–H groups in total. The first-order valence-electron chi connectivity index (χ1n) is 10.0. The van der Waals surface area contributed by atoms with Gasteiger partial charge in [0.2, 0.25) is 5.82 Å². The summed E-state index contributed by atoms with van der Waals surface area (Å²) < 4.78 is 43.6. The molecule has 1 heterocycles. The zero-order chi connectivity index (χ0) is 20.4. The second-order valence-corrected chi connectivity index (χ2v) is 7.78. The summed E-state index contributed by atoms with van der Waals surface area (Å²) in [6, 6.07) is 9.80. The van der Waals surface area contributed by atoms with Gasteiger partial charge in [-0.25, -0.2) is 9.18 Å². The summed E-state index contributed by atoms with van der Waals surface area (Å²) in [5.74, 6) is -2.84. The predicted octanol–water partition coefficient (Wildman–Crippen LogP) is 4.93. The van der Waals surface area contributed by atoms with Crippen LogP contribution in [0.5, 0.6) is 5.75 Å². The molecule has 2 fully saturated rings. The van der Waals surface area contributed by atoms with Crippen LogP contribution in [0, 0.1) is 18.6 Å². The Hall–Kier alpha value is -2.31. The molecule has 0 radical (unpaired) electrons. The Morgan fingerprint density at radius 2 is 1.72 bits per heavy atom. The minimum absolute atomic E-state index is 0.160. The average Bonchev–Trinajstić information content (AvgIpc) is 3.58. The normalized spacial score (nSPS) is 23.6. The van der Waals surface area contributed by atoms with Crippen molar-refractivity contribution in [1.29, 1.82) is 0 Å². The molecular formula is C23H24F2O4. The molecule has 0 aromatic heterocycles. The molecule has 1 saturated heterocycles. The monoisotopic (exact) mass is 402 g/mol. The molecule has 1 unspecified atom stereocenters. The highest BCUT2D eigenvalue weighted by Crippen LogP contribution is 2.34. The van der Waals surface area contributed by atoms with Gasteiger partial charge in [0.25, 0.3) is 0 Å². The van der Waals surface area contributed by atoms with Crippen LogP contribution in [0.3, 0.4) is 0 Å². The van der Waals surface area contributed by atoms with Crippen molar-refractivity contribution in [3.8, 4) is 5.75 Å². The highest BCUT2D eigenvalue weighted by Gasteiger charge is 2.27. The number of halogens is 2. The topological polar surface area (TPSA) is 48.1 Å². The van der Waals surface area contributed by atoms with Gasteiger partial charge in [0.1, 0.15) is 6.10 Å². The Labute approximate surface area is 168 Å². The van der Waals surface area contributed by atoms with Gasteiger partial charge >= 0.3 is 5.97 Å². The zero-order valence-corrected chi connectivity index (χ0v) is 16.3. The number of carbonyl (C=O) groups is 1. The minimum Gasteiger partial charge on any atom is -0.420 e. The maximum Gasteiger partial charge on any atom is 0.343 e. The second-order valence-electron chi connectivity index (χ2n) is 7.78. The maximum absolute atomic E-state index is 13.9. The summed E-state index contributed by atoms with van der Waals surface area (Å²) in [5.41, 5.74) is 1.63. The molecule has 2 aromatic rings. The quantitative estimate of drug-likeness (QED) is 0.390. The fourth-order valence-corrected chi connectivity index (χ4v) is 3.73. The lowest BCUT2D eigenvalue weighted by Crippen LogP contribution is -2.22. The van der Waals surface area contributed by atoms with Crippen LogP contribution in [0.15, 0.2) is 36.4 Å². The van der Waals surface area contributed by atoms with Crippen molar-refractivity contribution >= 4 is 5.97 Å². The van der Waals surface area contributed by atoms with E-state index in [1.807, 2.05) is 12.1 Å². The molecule has 29 heavy (non-hydrogen) atoms. The summed E-state index contributed by atoms with van der Waals surface area (Å²) in [7, 11) is 0. The number of carbonyl (C=O) groups excluding carboxylic acids is 1. The number of rotatable bonds is 6. The first-order chi connectivity index (χ1) is 14.0. The van der Waals surface area contributed by atoms with Crippen molar-refractivity contribution in [2.75, 3.05) is 13.2 Å². The lowest BCUT2D eigenvalue weighted by molar-refractivity contribution is 0.0165. The Kier molecular flexibility index (Phi) is 5.92. The summed E-state index contributed by atoms with van der Waals surface area (Å²) in [5, 5.41) is 0. The molecule has 4 nitrogen and oxygen atoms in total. The van der Waals surface area contributed by atoms with Crippen molar-refractivity contribution in [3.63, 3.8) is 0 Å². The molecule has 154 valence electrons. The number of aryl methyl sites for hydroxylation is 1. The molecule has 4 rings (SSSR count). The van der Waals surface area contributed by atoms with E-state index in [2.05, 4.69) is 0 Å². The van der Waals surface area contributed by atoms with Gasteiger partial charge in [0.15, 0.2) is 11.6 Å². The molecule has 1 saturated carbocycles. The van der Waals surface area contributed by atoms with E-state index in [0.29, 0.717) is 30.3 Å². The van der Waals surface area contributed by atoms with E-state index >= 15 is 0 Å². The summed E-state index contributed by atoms with van der Waals surface area (Å²) in [6.07, 6.45) is 4.69. The smallest absolute Gasteiger partial charge is 0.343 e. The molecule has 2 aromatic carbocycles. The molecule has 0 bridgehead atoms. The lowest BCUT2D eigenvalue weighted by atomic mass is 9.82. The van der Waals surface area contributed by atoms with E-state index in [-0.39, 0.29) is 5.56 Å². The highest BCUT2D eigenvalue weighted by atomic mass is 19.2. The van der Waals surface area contributed by atoms with E-state index in [9.17, 15) is 13.6 Å². The Morgan fingerprint density at radius 1 is 1.03 bits per heavy atom. The van der Waals surface area contributed by atoms with Crippen LogP contribution in [0.1, 0.15) is 53.1 Å². The minimum atomic E-state index is -1.15. The van der Waals surface area contributed by atoms with Gasteiger partial charge in [-0.3, -0.25) is 0 Å². The number of ether oxygens (including phenoxy) is 3. The highest BCUT2D eigenvalue weighted by molar-refractivity contribution is 5.91. The summed E-state index contributed by atoms with van der Waals surface area (Å²) >= 11 is 0.